The number of aromatic amines is 1. The number of aromatic nitrogens is 3. The number of nitrogens with zero attached hydrogens (tertiary/aromatic N) is 2. The molecule has 1 aliphatic rings. The first-order valence-corrected chi connectivity index (χ1v) is 6.37. The Labute approximate surface area is 106 Å². The molecule has 0 bridgehead atoms. The Hall–Kier alpha value is -1.76. The summed E-state index contributed by atoms with van der Waals surface area (Å²) in [6, 6.07) is 4.81. The Bertz CT molecular complexity index is 647. The van der Waals surface area contributed by atoms with Crippen LogP contribution < -0.4 is 11.4 Å². The summed E-state index contributed by atoms with van der Waals surface area (Å²) in [4.78, 5) is 12.2. The van der Waals surface area contributed by atoms with E-state index < -0.39 is 5.82 Å². The van der Waals surface area contributed by atoms with Gasteiger partial charge in [-0.2, -0.15) is 0 Å². The molecule has 0 atom stereocenters. The summed E-state index contributed by atoms with van der Waals surface area (Å²) >= 11 is 1.20. The van der Waals surface area contributed by atoms with Gasteiger partial charge in [-0.1, -0.05) is 6.07 Å². The zero-order valence-electron chi connectivity index (χ0n) is 9.39. The lowest BCUT2D eigenvalue weighted by Crippen LogP contribution is -2.16. The van der Waals surface area contributed by atoms with Gasteiger partial charge in [-0.3, -0.25) is 4.57 Å². The zero-order valence-corrected chi connectivity index (χ0v) is 10.2. The van der Waals surface area contributed by atoms with E-state index in [1.165, 1.54) is 17.8 Å². The molecule has 7 heteroatoms. The third kappa shape index (κ3) is 1.90. The molecule has 0 saturated heterocycles. The van der Waals surface area contributed by atoms with Crippen LogP contribution in [0.1, 0.15) is 18.9 Å². The van der Waals surface area contributed by atoms with Gasteiger partial charge < -0.3 is 5.73 Å². The standard InChI is InChI=1S/C11H11FN4OS/c12-7-2-1-3-8(9(7)13)18-11-15-14-10(17)16(11)6-4-5-6/h1-3,6H,4-5,13H2,(H,14,17). The van der Waals surface area contributed by atoms with Gasteiger partial charge in [0.05, 0.1) is 5.69 Å². The number of nitrogens with one attached hydrogen (secondary N) is 1. The van der Waals surface area contributed by atoms with Crippen molar-refractivity contribution in [2.75, 3.05) is 5.73 Å². The van der Waals surface area contributed by atoms with E-state index in [2.05, 4.69) is 10.2 Å². The number of rotatable bonds is 3. The molecule has 1 heterocycles. The van der Waals surface area contributed by atoms with E-state index in [0.717, 1.165) is 12.8 Å². The third-order valence-electron chi connectivity index (χ3n) is 2.80. The molecular formula is C11H11FN4OS. The summed E-state index contributed by atoms with van der Waals surface area (Å²) in [6.45, 7) is 0. The van der Waals surface area contributed by atoms with Crippen molar-refractivity contribution >= 4 is 17.4 Å². The molecule has 5 nitrogen and oxygen atoms in total. The summed E-state index contributed by atoms with van der Waals surface area (Å²) in [5.74, 6) is -0.462. The minimum atomic E-state index is -0.462. The summed E-state index contributed by atoms with van der Waals surface area (Å²) in [7, 11) is 0. The van der Waals surface area contributed by atoms with E-state index in [1.807, 2.05) is 0 Å². The third-order valence-corrected chi connectivity index (χ3v) is 3.84. The van der Waals surface area contributed by atoms with Crippen molar-refractivity contribution in [1.82, 2.24) is 14.8 Å². The second-order valence-electron chi connectivity index (χ2n) is 4.17. The largest absolute Gasteiger partial charge is 0.395 e. The van der Waals surface area contributed by atoms with Gasteiger partial charge in [0.25, 0.3) is 0 Å². The van der Waals surface area contributed by atoms with Crippen LogP contribution >= 0.6 is 11.8 Å². The Morgan fingerprint density at radius 2 is 2.28 bits per heavy atom. The van der Waals surface area contributed by atoms with Crippen LogP contribution in [0.3, 0.4) is 0 Å². The second-order valence-corrected chi connectivity index (χ2v) is 5.18. The highest BCUT2D eigenvalue weighted by Crippen LogP contribution is 2.38. The van der Waals surface area contributed by atoms with Gasteiger partial charge in [-0.15, -0.1) is 5.10 Å². The Morgan fingerprint density at radius 3 is 3.00 bits per heavy atom. The molecule has 2 aromatic rings. The number of anilines is 1. The molecule has 1 aromatic carbocycles. The van der Waals surface area contributed by atoms with Crippen LogP contribution in [0.25, 0.3) is 0 Å². The average molecular weight is 266 g/mol. The van der Waals surface area contributed by atoms with Crippen molar-refractivity contribution in [2.45, 2.75) is 28.9 Å². The Morgan fingerprint density at radius 1 is 1.50 bits per heavy atom. The molecule has 1 aromatic heterocycles. The zero-order chi connectivity index (χ0) is 12.7. The predicted octanol–water partition coefficient (Wildman–Crippen LogP) is 1.78. The fourth-order valence-electron chi connectivity index (χ4n) is 1.72. The van der Waals surface area contributed by atoms with Crippen LogP contribution in [0.2, 0.25) is 0 Å². The maximum absolute atomic E-state index is 13.3. The highest BCUT2D eigenvalue weighted by Gasteiger charge is 2.29. The summed E-state index contributed by atoms with van der Waals surface area (Å²) in [6.07, 6.45) is 1.96. The van der Waals surface area contributed by atoms with Crippen molar-refractivity contribution < 1.29 is 4.39 Å². The molecule has 3 rings (SSSR count). The normalized spacial score (nSPS) is 14.9. The molecule has 18 heavy (non-hydrogen) atoms. The molecule has 94 valence electrons. The van der Waals surface area contributed by atoms with Crippen molar-refractivity contribution in [2.24, 2.45) is 0 Å². The molecule has 1 fully saturated rings. The quantitative estimate of drug-likeness (QED) is 0.830. The van der Waals surface area contributed by atoms with Gasteiger partial charge in [-0.25, -0.2) is 14.3 Å². The van der Waals surface area contributed by atoms with Gasteiger partial charge >= 0.3 is 5.69 Å². The first-order valence-electron chi connectivity index (χ1n) is 5.55. The number of hydrogen-bond acceptors (Lipinski definition) is 4. The van der Waals surface area contributed by atoms with E-state index in [-0.39, 0.29) is 17.4 Å². The van der Waals surface area contributed by atoms with Crippen molar-refractivity contribution in [3.05, 3.63) is 34.5 Å². The van der Waals surface area contributed by atoms with E-state index in [0.29, 0.717) is 10.1 Å². The fraction of sp³-hybridized carbons (Fsp3) is 0.273. The lowest BCUT2D eigenvalue weighted by Gasteiger charge is -2.06. The lowest BCUT2D eigenvalue weighted by molar-refractivity contribution is 0.628. The monoisotopic (exact) mass is 266 g/mol. The first-order chi connectivity index (χ1) is 8.66. The van der Waals surface area contributed by atoms with E-state index in [9.17, 15) is 9.18 Å². The van der Waals surface area contributed by atoms with Gasteiger partial charge in [0.1, 0.15) is 5.82 Å². The van der Waals surface area contributed by atoms with Crippen LogP contribution in [-0.2, 0) is 0 Å². The number of hydrogen-bond donors (Lipinski definition) is 2. The highest BCUT2D eigenvalue weighted by molar-refractivity contribution is 7.99. The van der Waals surface area contributed by atoms with E-state index in [1.54, 1.807) is 16.7 Å². The topological polar surface area (TPSA) is 76.7 Å². The molecule has 0 unspecified atom stereocenters. The first kappa shape index (κ1) is 11.3. The van der Waals surface area contributed by atoms with Crippen LogP contribution in [-0.4, -0.2) is 14.8 Å². The molecule has 0 radical (unpaired) electrons. The van der Waals surface area contributed by atoms with Crippen LogP contribution in [0.4, 0.5) is 10.1 Å². The average Bonchev–Trinajstić information content (AvgIpc) is 3.11. The van der Waals surface area contributed by atoms with Gasteiger partial charge in [0, 0.05) is 10.9 Å². The minimum absolute atomic E-state index is 0.0836. The van der Waals surface area contributed by atoms with Gasteiger partial charge in [0.2, 0.25) is 0 Å². The fourth-order valence-corrected chi connectivity index (χ4v) is 2.69. The molecular weight excluding hydrogens is 255 g/mol. The van der Waals surface area contributed by atoms with Crippen LogP contribution in [0, 0.1) is 5.82 Å². The van der Waals surface area contributed by atoms with E-state index in [4.69, 9.17) is 5.73 Å². The number of para-hydroxylation sites is 1. The molecule has 1 aliphatic carbocycles. The summed E-state index contributed by atoms with van der Waals surface area (Å²) < 4.78 is 14.9. The molecule has 1 saturated carbocycles. The van der Waals surface area contributed by atoms with Crippen molar-refractivity contribution in [1.29, 1.82) is 0 Å². The van der Waals surface area contributed by atoms with Crippen molar-refractivity contribution in [3.8, 4) is 0 Å². The number of nitrogen functional groups attached to an aromatic ring is 1. The number of H-pyrrole nitrogens is 1. The maximum atomic E-state index is 13.3. The summed E-state index contributed by atoms with van der Waals surface area (Å²) in [5, 5.41) is 6.90. The molecule has 0 aliphatic heterocycles. The molecule has 0 spiro atoms. The van der Waals surface area contributed by atoms with Crippen molar-refractivity contribution in [3.63, 3.8) is 0 Å². The maximum Gasteiger partial charge on any atom is 0.344 e. The summed E-state index contributed by atoms with van der Waals surface area (Å²) in [5.41, 5.74) is 5.51. The Kier molecular flexibility index (Phi) is 2.62. The lowest BCUT2D eigenvalue weighted by atomic mass is 10.3. The molecule has 3 N–H and O–H groups in total. The van der Waals surface area contributed by atoms with Gasteiger partial charge in [0.15, 0.2) is 5.16 Å². The van der Waals surface area contributed by atoms with E-state index >= 15 is 0 Å². The number of nitrogens with two attached hydrogens (primary N) is 1. The van der Waals surface area contributed by atoms with Crippen LogP contribution in [0.15, 0.2) is 33.0 Å². The minimum Gasteiger partial charge on any atom is -0.395 e. The highest BCUT2D eigenvalue weighted by atomic mass is 32.2. The number of benzene rings is 1. The Balaban J connectivity index is 1.97. The smallest absolute Gasteiger partial charge is 0.344 e. The van der Waals surface area contributed by atoms with Crippen LogP contribution in [0.5, 0.6) is 0 Å². The SMILES string of the molecule is Nc1c(F)cccc1Sc1n[nH]c(=O)n1C1CC1. The second kappa shape index (κ2) is 4.16. The van der Waals surface area contributed by atoms with Gasteiger partial charge in [-0.05, 0) is 36.7 Å². The number of halogens is 1. The predicted molar refractivity (Wildman–Crippen MR) is 66.1 cm³/mol. The molecule has 0 amide bonds.